The van der Waals surface area contributed by atoms with Crippen molar-refractivity contribution in [1.82, 2.24) is 4.90 Å². The minimum absolute atomic E-state index is 0.279. The molecule has 2 nitrogen and oxygen atoms in total. The zero-order valence-corrected chi connectivity index (χ0v) is 17.0. The van der Waals surface area contributed by atoms with Crippen molar-refractivity contribution in [2.45, 2.75) is 25.9 Å². The number of piperazine rings is 1. The Morgan fingerprint density at radius 2 is 1.55 bits per heavy atom. The number of benzene rings is 2. The third-order valence-corrected chi connectivity index (χ3v) is 4.91. The third-order valence-electron chi connectivity index (χ3n) is 4.91. The lowest BCUT2D eigenvalue weighted by Gasteiger charge is -2.38. The second-order valence-corrected chi connectivity index (χ2v) is 6.89. The maximum Gasteiger partial charge on any atom is 0.418 e. The van der Waals surface area contributed by atoms with Gasteiger partial charge in [0.05, 0.1) is 5.56 Å². The van der Waals surface area contributed by atoms with E-state index in [9.17, 15) is 13.2 Å². The summed E-state index contributed by atoms with van der Waals surface area (Å²) in [5, 5.41) is 0. The first-order valence-corrected chi connectivity index (χ1v) is 9.85. The van der Waals surface area contributed by atoms with Crippen molar-refractivity contribution in [2.75, 3.05) is 31.1 Å². The van der Waals surface area contributed by atoms with E-state index in [0.717, 1.165) is 37.7 Å². The monoisotopic (exact) mass is 402 g/mol. The fourth-order valence-electron chi connectivity index (χ4n) is 3.26. The molecule has 0 saturated carbocycles. The van der Waals surface area contributed by atoms with E-state index in [1.807, 2.05) is 36.1 Å². The molecule has 0 amide bonds. The normalized spacial score (nSPS) is 14.1. The van der Waals surface area contributed by atoms with Crippen LogP contribution in [0.1, 0.15) is 24.5 Å². The van der Waals surface area contributed by atoms with Gasteiger partial charge in [0.2, 0.25) is 0 Å². The van der Waals surface area contributed by atoms with Crippen molar-refractivity contribution in [3.8, 4) is 0 Å². The van der Waals surface area contributed by atoms with Crippen molar-refractivity contribution < 1.29 is 13.2 Å². The van der Waals surface area contributed by atoms with Crippen LogP contribution in [0.5, 0.6) is 0 Å². The second kappa shape index (κ2) is 10.7. The highest BCUT2D eigenvalue weighted by Crippen LogP contribution is 2.36. The molecule has 1 aliphatic rings. The van der Waals surface area contributed by atoms with Gasteiger partial charge < -0.3 is 9.80 Å². The van der Waals surface area contributed by atoms with Gasteiger partial charge in [0.25, 0.3) is 0 Å². The van der Waals surface area contributed by atoms with Gasteiger partial charge in [0.1, 0.15) is 0 Å². The maximum absolute atomic E-state index is 13.0. The minimum atomic E-state index is -4.30. The molecule has 0 radical (unpaired) electrons. The molecule has 2 aromatic carbocycles. The molecule has 1 heterocycles. The summed E-state index contributed by atoms with van der Waals surface area (Å²) in [5.74, 6) is 0. The third kappa shape index (κ3) is 6.70. The van der Waals surface area contributed by atoms with Crippen LogP contribution in [0.4, 0.5) is 18.9 Å². The Hall–Kier alpha value is -2.69. The molecule has 0 atom stereocenters. The fourth-order valence-corrected chi connectivity index (χ4v) is 3.26. The molecule has 3 rings (SSSR count). The van der Waals surface area contributed by atoms with Gasteiger partial charge in [-0.25, -0.2) is 0 Å². The van der Waals surface area contributed by atoms with Gasteiger partial charge >= 0.3 is 6.18 Å². The van der Waals surface area contributed by atoms with Crippen molar-refractivity contribution in [1.29, 1.82) is 0 Å². The number of hydrogen-bond donors (Lipinski definition) is 0. The SMILES string of the molecule is C=C(CC)N1CCN(c2ccccc2C(F)(F)F)CC1.C=CCc1ccccc1. The van der Waals surface area contributed by atoms with Gasteiger partial charge in [-0.15, -0.1) is 6.58 Å². The molecule has 0 aromatic heterocycles. The number of rotatable bonds is 5. The van der Waals surface area contributed by atoms with Crippen LogP contribution in [-0.4, -0.2) is 31.1 Å². The Balaban J connectivity index is 0.000000278. The summed E-state index contributed by atoms with van der Waals surface area (Å²) in [4.78, 5) is 3.95. The largest absolute Gasteiger partial charge is 0.418 e. The molecule has 0 aliphatic carbocycles. The van der Waals surface area contributed by atoms with E-state index in [1.165, 1.54) is 11.6 Å². The molecular weight excluding hydrogens is 373 g/mol. The molecule has 0 bridgehead atoms. The maximum atomic E-state index is 13.0. The van der Waals surface area contributed by atoms with Gasteiger partial charge in [0, 0.05) is 37.6 Å². The summed E-state index contributed by atoms with van der Waals surface area (Å²) in [5.41, 5.74) is 2.10. The van der Waals surface area contributed by atoms with E-state index in [2.05, 4.69) is 30.2 Å². The molecule has 156 valence electrons. The van der Waals surface area contributed by atoms with Gasteiger partial charge in [-0.05, 0) is 30.5 Å². The molecule has 0 spiro atoms. The van der Waals surface area contributed by atoms with E-state index in [-0.39, 0.29) is 5.69 Å². The van der Waals surface area contributed by atoms with Gasteiger partial charge in [-0.3, -0.25) is 0 Å². The van der Waals surface area contributed by atoms with Crippen LogP contribution in [0.25, 0.3) is 0 Å². The van der Waals surface area contributed by atoms with Crippen LogP contribution in [0.15, 0.2) is 79.5 Å². The van der Waals surface area contributed by atoms with Gasteiger partial charge in [0.15, 0.2) is 0 Å². The Morgan fingerprint density at radius 1 is 0.966 bits per heavy atom. The first-order valence-electron chi connectivity index (χ1n) is 9.85. The Kier molecular flexibility index (Phi) is 8.37. The van der Waals surface area contributed by atoms with E-state index < -0.39 is 11.7 Å². The number of allylic oxidation sites excluding steroid dienone is 2. The average Bonchev–Trinajstić information content (AvgIpc) is 2.74. The van der Waals surface area contributed by atoms with E-state index >= 15 is 0 Å². The summed E-state index contributed by atoms with van der Waals surface area (Å²) in [6.07, 6.45) is -0.546. The van der Waals surface area contributed by atoms with E-state index in [1.54, 1.807) is 12.1 Å². The van der Waals surface area contributed by atoms with Gasteiger partial charge in [-0.1, -0.05) is 62.0 Å². The van der Waals surface area contributed by atoms with Crippen LogP contribution < -0.4 is 4.90 Å². The second-order valence-electron chi connectivity index (χ2n) is 6.89. The summed E-state index contributed by atoms with van der Waals surface area (Å²) in [7, 11) is 0. The topological polar surface area (TPSA) is 6.48 Å². The lowest BCUT2D eigenvalue weighted by Crippen LogP contribution is -2.46. The van der Waals surface area contributed by atoms with Crippen LogP contribution in [0, 0.1) is 0 Å². The molecule has 0 N–H and O–H groups in total. The fraction of sp³-hybridized carbons (Fsp3) is 0.333. The quantitative estimate of drug-likeness (QED) is 0.552. The number of halogens is 3. The highest BCUT2D eigenvalue weighted by molar-refractivity contribution is 5.55. The number of alkyl halides is 3. The Labute approximate surface area is 172 Å². The zero-order valence-electron chi connectivity index (χ0n) is 17.0. The van der Waals surface area contributed by atoms with E-state index in [4.69, 9.17) is 0 Å². The molecular formula is C24H29F3N2. The molecule has 0 unspecified atom stereocenters. The molecule has 29 heavy (non-hydrogen) atoms. The summed E-state index contributed by atoms with van der Waals surface area (Å²) in [6, 6.07) is 16.1. The van der Waals surface area contributed by atoms with E-state index in [0.29, 0.717) is 13.1 Å². The van der Waals surface area contributed by atoms with Crippen LogP contribution >= 0.6 is 0 Å². The standard InChI is InChI=1S/C15H19F3N2.C9H10/c1-3-12(2)19-8-10-20(11-9-19)14-7-5-4-6-13(14)15(16,17)18;1-2-6-9-7-4-3-5-8-9/h4-7H,2-3,8-11H2,1H3;2-5,7-8H,1,6H2. The first kappa shape index (κ1) is 22.6. The Bertz CT molecular complexity index is 776. The van der Waals surface area contributed by atoms with Crippen molar-refractivity contribution >= 4 is 5.69 Å². The molecule has 1 saturated heterocycles. The van der Waals surface area contributed by atoms with Crippen LogP contribution in [-0.2, 0) is 12.6 Å². The summed E-state index contributed by atoms with van der Waals surface area (Å²) < 4.78 is 39.0. The predicted molar refractivity (Wildman–Crippen MR) is 115 cm³/mol. The minimum Gasteiger partial charge on any atom is -0.372 e. The van der Waals surface area contributed by atoms with Gasteiger partial charge in [-0.2, -0.15) is 13.2 Å². The van der Waals surface area contributed by atoms with Crippen molar-refractivity contribution in [3.63, 3.8) is 0 Å². The summed E-state index contributed by atoms with van der Waals surface area (Å²) in [6.45, 7) is 12.3. The number of hydrogen-bond acceptors (Lipinski definition) is 2. The lowest BCUT2D eigenvalue weighted by molar-refractivity contribution is -0.137. The molecule has 2 aromatic rings. The van der Waals surface area contributed by atoms with Crippen LogP contribution in [0.2, 0.25) is 0 Å². The highest BCUT2D eigenvalue weighted by Gasteiger charge is 2.35. The lowest BCUT2D eigenvalue weighted by atomic mass is 10.1. The zero-order chi connectivity index (χ0) is 21.3. The van der Waals surface area contributed by atoms with Crippen molar-refractivity contribution in [3.05, 3.63) is 90.7 Å². The molecule has 5 heteroatoms. The molecule has 1 aliphatic heterocycles. The first-order chi connectivity index (χ1) is 13.9. The van der Waals surface area contributed by atoms with Crippen LogP contribution in [0.3, 0.4) is 0 Å². The number of nitrogens with zero attached hydrogens (tertiary/aromatic N) is 2. The average molecular weight is 403 g/mol. The number of para-hydroxylation sites is 1. The molecule has 1 fully saturated rings. The Morgan fingerprint density at radius 3 is 2.10 bits per heavy atom. The smallest absolute Gasteiger partial charge is 0.372 e. The highest BCUT2D eigenvalue weighted by atomic mass is 19.4. The number of anilines is 1. The van der Waals surface area contributed by atoms with Crippen molar-refractivity contribution in [2.24, 2.45) is 0 Å². The summed E-state index contributed by atoms with van der Waals surface area (Å²) >= 11 is 0. The predicted octanol–water partition coefficient (Wildman–Crippen LogP) is 6.17.